The molecule has 1 aliphatic heterocycles. The van der Waals surface area contributed by atoms with Gasteiger partial charge >= 0.3 is 0 Å². The number of piperidine rings is 1. The van der Waals surface area contributed by atoms with Crippen molar-refractivity contribution in [3.05, 3.63) is 41.7 Å². The molecule has 5 heteroatoms. The highest BCUT2D eigenvalue weighted by Gasteiger charge is 2.46. The van der Waals surface area contributed by atoms with Crippen LogP contribution in [0.4, 0.5) is 0 Å². The van der Waals surface area contributed by atoms with Gasteiger partial charge in [-0.25, -0.2) is 0 Å². The first-order valence-electron chi connectivity index (χ1n) is 8.24. The van der Waals surface area contributed by atoms with Gasteiger partial charge in [-0.05, 0) is 36.8 Å². The molecule has 1 spiro atoms. The first-order valence-corrected chi connectivity index (χ1v) is 8.24. The van der Waals surface area contributed by atoms with Crippen molar-refractivity contribution in [3.63, 3.8) is 0 Å². The van der Waals surface area contributed by atoms with Gasteiger partial charge in [0.15, 0.2) is 5.78 Å². The van der Waals surface area contributed by atoms with Gasteiger partial charge in [0, 0.05) is 36.5 Å². The maximum absolute atomic E-state index is 12.5. The van der Waals surface area contributed by atoms with Crippen molar-refractivity contribution in [2.75, 3.05) is 13.1 Å². The van der Waals surface area contributed by atoms with Crippen LogP contribution in [0.3, 0.4) is 0 Å². The number of pyridine rings is 1. The number of allylic oxidation sites excluding steroid dienone is 2. The van der Waals surface area contributed by atoms with Gasteiger partial charge in [-0.15, -0.1) is 0 Å². The molecule has 1 aliphatic carbocycles. The Hall–Kier alpha value is -2.48. The summed E-state index contributed by atoms with van der Waals surface area (Å²) in [6.45, 7) is 5.10. The average molecular weight is 323 g/mol. The molecule has 0 aromatic carbocycles. The zero-order chi connectivity index (χ0) is 17.4. The summed E-state index contributed by atoms with van der Waals surface area (Å²) in [6.07, 6.45) is 7.42. The van der Waals surface area contributed by atoms with E-state index in [0.717, 1.165) is 19.3 Å². The van der Waals surface area contributed by atoms with Gasteiger partial charge in [0.05, 0.1) is 5.57 Å². The summed E-state index contributed by atoms with van der Waals surface area (Å²) in [7, 11) is 0. The van der Waals surface area contributed by atoms with E-state index in [1.807, 2.05) is 24.8 Å². The Bertz CT molecular complexity index is 736. The Balaban J connectivity index is 1.77. The fourth-order valence-corrected chi connectivity index (χ4v) is 3.98. The number of amides is 1. The molecule has 0 atom stereocenters. The van der Waals surface area contributed by atoms with Crippen LogP contribution in [-0.2, 0) is 4.79 Å². The molecule has 1 fully saturated rings. The van der Waals surface area contributed by atoms with Gasteiger partial charge in [-0.1, -0.05) is 19.9 Å². The summed E-state index contributed by atoms with van der Waals surface area (Å²) in [5.74, 6) is -0.0474. The van der Waals surface area contributed by atoms with Crippen LogP contribution in [0.2, 0.25) is 0 Å². The SMILES string of the molecule is CC1(C)CC2(C=C(C#N)C1=O)CCN(C(=O)c1ccncc1)CC2. The number of aromatic nitrogens is 1. The van der Waals surface area contributed by atoms with Gasteiger partial charge in [0.1, 0.15) is 6.07 Å². The van der Waals surface area contributed by atoms with Crippen molar-refractivity contribution < 1.29 is 9.59 Å². The van der Waals surface area contributed by atoms with Crippen LogP contribution >= 0.6 is 0 Å². The summed E-state index contributed by atoms with van der Waals surface area (Å²) in [5.41, 5.74) is 0.253. The van der Waals surface area contributed by atoms with Crippen LogP contribution < -0.4 is 0 Å². The first kappa shape index (κ1) is 16.4. The fraction of sp³-hybridized carbons (Fsp3) is 0.474. The third-order valence-corrected chi connectivity index (χ3v) is 5.20. The lowest BCUT2D eigenvalue weighted by Gasteiger charge is -2.46. The summed E-state index contributed by atoms with van der Waals surface area (Å²) in [6, 6.07) is 5.51. The quantitative estimate of drug-likeness (QED) is 0.796. The molecule has 24 heavy (non-hydrogen) atoms. The number of likely N-dealkylation sites (tertiary alicyclic amines) is 1. The third-order valence-electron chi connectivity index (χ3n) is 5.20. The second-order valence-corrected chi connectivity index (χ2v) is 7.45. The molecule has 2 heterocycles. The Morgan fingerprint density at radius 1 is 1.25 bits per heavy atom. The number of nitriles is 1. The summed E-state index contributed by atoms with van der Waals surface area (Å²) < 4.78 is 0. The number of hydrogen-bond donors (Lipinski definition) is 0. The standard InChI is InChI=1S/C19H21N3O2/c1-18(2)13-19(11-15(12-20)16(18)23)5-9-22(10-6-19)17(24)14-3-7-21-8-4-14/h3-4,7-8,11H,5-6,9-10,13H2,1-2H3. The predicted molar refractivity (Wildman–Crippen MR) is 88.9 cm³/mol. The maximum Gasteiger partial charge on any atom is 0.253 e. The van der Waals surface area contributed by atoms with E-state index in [1.165, 1.54) is 0 Å². The van der Waals surface area contributed by atoms with Crippen molar-refractivity contribution in [1.29, 1.82) is 5.26 Å². The van der Waals surface area contributed by atoms with E-state index >= 15 is 0 Å². The zero-order valence-corrected chi connectivity index (χ0v) is 14.1. The van der Waals surface area contributed by atoms with Crippen molar-refractivity contribution in [2.24, 2.45) is 10.8 Å². The molecule has 0 saturated carbocycles. The molecule has 3 rings (SSSR count). The van der Waals surface area contributed by atoms with Crippen molar-refractivity contribution in [2.45, 2.75) is 33.1 Å². The van der Waals surface area contributed by atoms with E-state index in [1.54, 1.807) is 24.5 Å². The largest absolute Gasteiger partial charge is 0.339 e. The van der Waals surface area contributed by atoms with Crippen LogP contribution in [0.5, 0.6) is 0 Å². The molecule has 1 aromatic heterocycles. The number of nitrogens with zero attached hydrogens (tertiary/aromatic N) is 3. The number of rotatable bonds is 1. The Morgan fingerprint density at radius 2 is 1.88 bits per heavy atom. The number of Topliss-reactive ketones (excluding diaryl/α,β-unsaturated/α-hetero) is 1. The van der Waals surface area contributed by atoms with E-state index in [0.29, 0.717) is 18.7 Å². The molecule has 1 aromatic rings. The lowest BCUT2D eigenvalue weighted by atomic mass is 9.61. The van der Waals surface area contributed by atoms with Crippen LogP contribution in [-0.4, -0.2) is 34.7 Å². The van der Waals surface area contributed by atoms with Crippen LogP contribution in [0.25, 0.3) is 0 Å². The predicted octanol–water partition coefficient (Wildman–Crippen LogP) is 2.75. The van der Waals surface area contributed by atoms with Gasteiger partial charge in [-0.2, -0.15) is 5.26 Å². The van der Waals surface area contributed by atoms with E-state index in [4.69, 9.17) is 0 Å². The minimum Gasteiger partial charge on any atom is -0.339 e. The molecule has 0 N–H and O–H groups in total. The number of carbonyl (C=O) groups is 2. The van der Waals surface area contributed by atoms with Gasteiger partial charge in [-0.3, -0.25) is 14.6 Å². The number of carbonyl (C=O) groups excluding carboxylic acids is 2. The van der Waals surface area contributed by atoms with Crippen molar-refractivity contribution >= 4 is 11.7 Å². The highest BCUT2D eigenvalue weighted by molar-refractivity contribution is 6.03. The monoisotopic (exact) mass is 323 g/mol. The minimum absolute atomic E-state index is 0.0166. The summed E-state index contributed by atoms with van der Waals surface area (Å²) >= 11 is 0. The number of hydrogen-bond acceptors (Lipinski definition) is 4. The Kier molecular flexibility index (Phi) is 4.00. The van der Waals surface area contributed by atoms with Crippen LogP contribution in [0.15, 0.2) is 36.2 Å². The smallest absolute Gasteiger partial charge is 0.253 e. The average Bonchev–Trinajstić information content (AvgIpc) is 2.59. The minimum atomic E-state index is -0.517. The Labute approximate surface area is 142 Å². The molecule has 0 bridgehead atoms. The van der Waals surface area contributed by atoms with E-state index in [9.17, 15) is 14.9 Å². The summed E-state index contributed by atoms with van der Waals surface area (Å²) in [5, 5.41) is 9.29. The van der Waals surface area contributed by atoms with E-state index < -0.39 is 5.41 Å². The summed E-state index contributed by atoms with van der Waals surface area (Å²) in [4.78, 5) is 30.6. The van der Waals surface area contributed by atoms with Gasteiger partial charge in [0.25, 0.3) is 5.91 Å². The number of ketones is 1. The molecule has 0 unspecified atom stereocenters. The van der Waals surface area contributed by atoms with E-state index in [2.05, 4.69) is 11.1 Å². The fourth-order valence-electron chi connectivity index (χ4n) is 3.98. The van der Waals surface area contributed by atoms with Gasteiger partial charge < -0.3 is 4.90 Å². The second kappa shape index (κ2) is 5.86. The molecule has 1 saturated heterocycles. The lowest BCUT2D eigenvalue weighted by molar-refractivity contribution is -0.125. The van der Waals surface area contributed by atoms with E-state index in [-0.39, 0.29) is 22.7 Å². The zero-order valence-electron chi connectivity index (χ0n) is 14.1. The van der Waals surface area contributed by atoms with Crippen LogP contribution in [0.1, 0.15) is 43.5 Å². The lowest BCUT2D eigenvalue weighted by Crippen LogP contribution is -2.47. The molecule has 2 aliphatic rings. The van der Waals surface area contributed by atoms with Gasteiger partial charge in [0.2, 0.25) is 0 Å². The molecule has 5 nitrogen and oxygen atoms in total. The Morgan fingerprint density at radius 3 is 2.46 bits per heavy atom. The highest BCUT2D eigenvalue weighted by Crippen LogP contribution is 2.48. The second-order valence-electron chi connectivity index (χ2n) is 7.45. The van der Waals surface area contributed by atoms with Crippen molar-refractivity contribution in [3.8, 4) is 6.07 Å². The maximum atomic E-state index is 12.5. The normalized spacial score (nSPS) is 22.0. The third kappa shape index (κ3) is 2.84. The van der Waals surface area contributed by atoms with Crippen molar-refractivity contribution in [1.82, 2.24) is 9.88 Å². The first-order chi connectivity index (χ1) is 11.4. The highest BCUT2D eigenvalue weighted by atomic mass is 16.2. The van der Waals surface area contributed by atoms with Crippen LogP contribution in [0, 0.1) is 22.2 Å². The topological polar surface area (TPSA) is 74.1 Å². The molecule has 1 amide bonds. The molecule has 0 radical (unpaired) electrons. The molecular weight excluding hydrogens is 302 g/mol. The molecular formula is C19H21N3O2. The molecule has 124 valence electrons.